The van der Waals surface area contributed by atoms with Crippen molar-refractivity contribution in [3.05, 3.63) is 24.8 Å². The highest BCUT2D eigenvalue weighted by Gasteiger charge is 2.00. The molecule has 0 amide bonds. The molecular weight excluding hydrogens is 400 g/mol. The fourth-order valence-electron chi connectivity index (χ4n) is 3.38. The molecule has 0 aliphatic carbocycles. The first-order chi connectivity index (χ1) is 15.5. The molecule has 0 spiro atoms. The molecule has 0 aromatic carbocycles. The van der Waals surface area contributed by atoms with Crippen LogP contribution in [0.25, 0.3) is 0 Å². The molecule has 0 aromatic heterocycles. The van der Waals surface area contributed by atoms with Crippen molar-refractivity contribution >= 4 is 11.9 Å². The van der Waals surface area contributed by atoms with Crippen molar-refractivity contribution in [3.63, 3.8) is 0 Å². The monoisotopic (exact) mass is 452 g/mol. The van der Waals surface area contributed by atoms with Crippen LogP contribution in [0, 0.1) is 0 Å². The lowest BCUT2D eigenvalue weighted by Gasteiger charge is -2.04. The van der Waals surface area contributed by atoms with E-state index in [1.807, 2.05) is 6.92 Å². The molecular formula is C28H52O4. The van der Waals surface area contributed by atoms with Crippen LogP contribution in [0.15, 0.2) is 24.8 Å². The molecule has 1 N–H and O–H groups in total. The van der Waals surface area contributed by atoms with Crippen LogP contribution >= 0.6 is 0 Å². The lowest BCUT2D eigenvalue weighted by molar-refractivity contribution is -0.138. The molecule has 0 unspecified atom stereocenters. The maximum Gasteiger partial charge on any atom is 0.330 e. The molecule has 0 bridgehead atoms. The molecule has 188 valence electrons. The van der Waals surface area contributed by atoms with Crippen LogP contribution in [-0.4, -0.2) is 23.7 Å². The number of carboxylic acids is 1. The van der Waals surface area contributed by atoms with E-state index in [1.165, 1.54) is 102 Å². The summed E-state index contributed by atoms with van der Waals surface area (Å²) in [5, 5.41) is 8.31. The van der Waals surface area contributed by atoms with E-state index >= 15 is 0 Å². The number of aliphatic carboxylic acids is 1. The summed E-state index contributed by atoms with van der Waals surface area (Å²) >= 11 is 0. The summed E-state index contributed by atoms with van der Waals surface area (Å²) in [6.07, 6.45) is 25.5. The standard InChI is InChI=1S/C21H40O2.C7H12O2/c1-3-5-6-7-8-9-10-11-12-13-14-15-16-17-18-19-20-23-21(22)4-2;1-3-4-5-6(2)7(8)9/h4H,2-3,5-20H2,1H3;2-5H2,1H3,(H,8,9). The molecule has 0 fully saturated rings. The maximum atomic E-state index is 10.8. The fourth-order valence-corrected chi connectivity index (χ4v) is 3.38. The molecule has 0 saturated heterocycles. The Balaban J connectivity index is 0. The third-order valence-corrected chi connectivity index (χ3v) is 5.54. The normalized spacial score (nSPS) is 10.2. The number of hydrogen-bond acceptors (Lipinski definition) is 3. The third kappa shape index (κ3) is 28.4. The first kappa shape index (κ1) is 32.6. The van der Waals surface area contributed by atoms with Crippen LogP contribution in [0.3, 0.4) is 0 Å². The second-order valence-corrected chi connectivity index (χ2v) is 8.69. The molecule has 0 saturated carbocycles. The summed E-state index contributed by atoms with van der Waals surface area (Å²) in [4.78, 5) is 20.9. The Morgan fingerprint density at radius 1 is 0.688 bits per heavy atom. The van der Waals surface area contributed by atoms with E-state index in [4.69, 9.17) is 9.84 Å². The number of unbranched alkanes of at least 4 members (excludes halogenated alkanes) is 16. The second kappa shape index (κ2) is 27.5. The van der Waals surface area contributed by atoms with E-state index in [9.17, 15) is 9.59 Å². The van der Waals surface area contributed by atoms with Crippen molar-refractivity contribution in [2.24, 2.45) is 0 Å². The van der Waals surface area contributed by atoms with E-state index in [2.05, 4.69) is 20.1 Å². The first-order valence-electron chi connectivity index (χ1n) is 13.2. The Morgan fingerprint density at radius 2 is 1.06 bits per heavy atom. The van der Waals surface area contributed by atoms with Gasteiger partial charge in [-0.05, 0) is 19.3 Å². The molecule has 0 heterocycles. The first-order valence-corrected chi connectivity index (χ1v) is 13.2. The van der Waals surface area contributed by atoms with E-state index in [1.54, 1.807) is 0 Å². The maximum absolute atomic E-state index is 10.8. The second-order valence-electron chi connectivity index (χ2n) is 8.69. The van der Waals surface area contributed by atoms with Crippen molar-refractivity contribution in [2.75, 3.05) is 6.61 Å². The average molecular weight is 453 g/mol. The van der Waals surface area contributed by atoms with Gasteiger partial charge in [0.05, 0.1) is 6.61 Å². The number of carbonyl (C=O) groups is 2. The molecule has 32 heavy (non-hydrogen) atoms. The number of ether oxygens (including phenoxy) is 1. The van der Waals surface area contributed by atoms with Gasteiger partial charge >= 0.3 is 11.9 Å². The van der Waals surface area contributed by atoms with Crippen LogP contribution in [0.5, 0.6) is 0 Å². The zero-order valence-corrected chi connectivity index (χ0v) is 21.3. The largest absolute Gasteiger partial charge is 0.478 e. The van der Waals surface area contributed by atoms with Gasteiger partial charge in [0.1, 0.15) is 0 Å². The smallest absolute Gasteiger partial charge is 0.330 e. The van der Waals surface area contributed by atoms with Crippen LogP contribution in [0.2, 0.25) is 0 Å². The molecule has 4 nitrogen and oxygen atoms in total. The summed E-state index contributed by atoms with van der Waals surface area (Å²) < 4.78 is 4.95. The van der Waals surface area contributed by atoms with Crippen molar-refractivity contribution in [1.29, 1.82) is 0 Å². The van der Waals surface area contributed by atoms with Gasteiger partial charge in [0, 0.05) is 11.6 Å². The van der Waals surface area contributed by atoms with E-state index in [-0.39, 0.29) is 5.97 Å². The van der Waals surface area contributed by atoms with E-state index < -0.39 is 5.97 Å². The van der Waals surface area contributed by atoms with Gasteiger partial charge in [0.15, 0.2) is 0 Å². The lowest BCUT2D eigenvalue weighted by atomic mass is 10.0. The minimum atomic E-state index is -0.872. The Bertz CT molecular complexity index is 456. The third-order valence-electron chi connectivity index (χ3n) is 5.54. The van der Waals surface area contributed by atoms with Gasteiger partial charge in [0.25, 0.3) is 0 Å². The Labute approximate surface area is 198 Å². The number of esters is 1. The predicted octanol–water partition coefficient (Wildman–Crippen LogP) is 8.79. The number of carbonyl (C=O) groups excluding carboxylic acids is 1. The van der Waals surface area contributed by atoms with Crippen LogP contribution < -0.4 is 0 Å². The summed E-state index contributed by atoms with van der Waals surface area (Å²) in [5.41, 5.74) is 0.317. The Hall–Kier alpha value is -1.58. The van der Waals surface area contributed by atoms with Gasteiger partial charge in [-0.1, -0.05) is 130 Å². The zero-order valence-electron chi connectivity index (χ0n) is 21.3. The topological polar surface area (TPSA) is 63.6 Å². The molecule has 0 radical (unpaired) electrons. The van der Waals surface area contributed by atoms with Crippen LogP contribution in [0.1, 0.15) is 136 Å². The quantitative estimate of drug-likeness (QED) is 0.101. The van der Waals surface area contributed by atoms with E-state index in [0.29, 0.717) is 18.6 Å². The van der Waals surface area contributed by atoms with Gasteiger partial charge in [-0.2, -0.15) is 0 Å². The summed E-state index contributed by atoms with van der Waals surface area (Å²) in [5.74, 6) is -1.17. The predicted molar refractivity (Wildman–Crippen MR) is 137 cm³/mol. The van der Waals surface area contributed by atoms with Crippen molar-refractivity contribution in [3.8, 4) is 0 Å². The molecule has 0 aliphatic heterocycles. The molecule has 0 aliphatic rings. The molecule has 0 atom stereocenters. The Morgan fingerprint density at radius 3 is 1.41 bits per heavy atom. The summed E-state index contributed by atoms with van der Waals surface area (Å²) in [6, 6.07) is 0. The van der Waals surface area contributed by atoms with Crippen molar-refractivity contribution in [1.82, 2.24) is 0 Å². The zero-order chi connectivity index (χ0) is 24.3. The van der Waals surface area contributed by atoms with E-state index in [0.717, 1.165) is 19.3 Å². The minimum absolute atomic E-state index is 0.300. The van der Waals surface area contributed by atoms with Gasteiger partial charge in [-0.25, -0.2) is 9.59 Å². The summed E-state index contributed by atoms with van der Waals surface area (Å²) in [7, 11) is 0. The fraction of sp³-hybridized carbons (Fsp3) is 0.786. The Kier molecular flexibility index (Phi) is 28.0. The van der Waals surface area contributed by atoms with Gasteiger partial charge < -0.3 is 9.84 Å². The van der Waals surface area contributed by atoms with Crippen LogP contribution in [-0.2, 0) is 14.3 Å². The van der Waals surface area contributed by atoms with Crippen molar-refractivity contribution < 1.29 is 19.4 Å². The molecule has 0 rings (SSSR count). The highest BCUT2D eigenvalue weighted by Crippen LogP contribution is 2.13. The highest BCUT2D eigenvalue weighted by atomic mass is 16.5. The number of carboxylic acid groups (broad SMARTS) is 1. The van der Waals surface area contributed by atoms with Gasteiger partial charge in [0.2, 0.25) is 0 Å². The van der Waals surface area contributed by atoms with Crippen molar-refractivity contribution in [2.45, 2.75) is 136 Å². The van der Waals surface area contributed by atoms with Crippen LogP contribution in [0.4, 0.5) is 0 Å². The molecule has 4 heteroatoms. The lowest BCUT2D eigenvalue weighted by Crippen LogP contribution is -2.01. The number of hydrogen-bond donors (Lipinski definition) is 1. The summed E-state index contributed by atoms with van der Waals surface area (Å²) in [6.45, 7) is 11.6. The molecule has 0 aromatic rings. The van der Waals surface area contributed by atoms with Gasteiger partial charge in [-0.15, -0.1) is 0 Å². The van der Waals surface area contributed by atoms with Gasteiger partial charge in [-0.3, -0.25) is 0 Å². The SMILES string of the molecule is C=C(CCCC)C(=O)O.C=CC(=O)OCCCCCCCCCCCCCCCCCC. The average Bonchev–Trinajstić information content (AvgIpc) is 2.79. The number of rotatable bonds is 22. The highest BCUT2D eigenvalue weighted by molar-refractivity contribution is 5.85. The minimum Gasteiger partial charge on any atom is -0.478 e.